The van der Waals surface area contributed by atoms with Gasteiger partial charge in [-0.15, -0.1) is 0 Å². The molecule has 0 aromatic rings. The summed E-state index contributed by atoms with van der Waals surface area (Å²) < 4.78 is 0. The fourth-order valence-corrected chi connectivity index (χ4v) is 1.05. The first-order chi connectivity index (χ1) is 4.70. The smallest absolute Gasteiger partial charge is 0.0351 e. The summed E-state index contributed by atoms with van der Waals surface area (Å²) in [6.45, 7) is 6.74. The molecule has 2 heteroatoms. The van der Waals surface area contributed by atoms with E-state index < -0.39 is 0 Å². The van der Waals surface area contributed by atoms with E-state index in [0.717, 1.165) is 13.1 Å². The average molecular weight is 140 g/mol. The van der Waals surface area contributed by atoms with Gasteiger partial charge in [-0.1, -0.05) is 0 Å². The molecule has 0 unspecified atom stereocenters. The van der Waals surface area contributed by atoms with E-state index in [0.29, 0.717) is 6.04 Å². The Hall–Kier alpha value is -0.660. The van der Waals surface area contributed by atoms with Crippen LogP contribution in [0, 0.1) is 0 Å². The van der Waals surface area contributed by atoms with E-state index in [1.165, 1.54) is 0 Å². The molecular weight excluding hydrogens is 124 g/mol. The number of rotatable bonds is 1. The highest BCUT2D eigenvalue weighted by Gasteiger charge is 2.08. The van der Waals surface area contributed by atoms with E-state index >= 15 is 0 Å². The van der Waals surface area contributed by atoms with E-state index in [4.69, 9.17) is 0 Å². The van der Waals surface area contributed by atoms with Gasteiger partial charge in [-0.2, -0.15) is 0 Å². The van der Waals surface area contributed by atoms with Crippen molar-refractivity contribution in [2.75, 3.05) is 20.1 Å². The third-order valence-electron chi connectivity index (χ3n) is 1.89. The molecule has 0 aromatic heterocycles. The predicted octanol–water partition coefficient (Wildman–Crippen LogP) is 1.11. The Labute approximate surface area is 63.1 Å². The number of likely N-dealkylation sites (N-methyl/N-ethyl adjacent to an activating group) is 1. The third-order valence-corrected chi connectivity index (χ3v) is 1.89. The molecule has 0 bridgehead atoms. The largest absolute Gasteiger partial charge is 0.377 e. The van der Waals surface area contributed by atoms with Crippen molar-refractivity contribution in [3.63, 3.8) is 0 Å². The number of hydrogen-bond donors (Lipinski definition) is 0. The van der Waals surface area contributed by atoms with E-state index in [1.807, 2.05) is 0 Å². The Morgan fingerprint density at radius 1 is 1.20 bits per heavy atom. The van der Waals surface area contributed by atoms with Gasteiger partial charge in [-0.05, 0) is 13.8 Å². The average Bonchev–Trinajstić information content (AvgIpc) is 1.88. The molecule has 10 heavy (non-hydrogen) atoms. The standard InChI is InChI=1S/C8H16N2/c1-8(2)10-6-4-9(3)5-7-10/h4,6,8H,5,7H2,1-3H3. The van der Waals surface area contributed by atoms with Crippen molar-refractivity contribution in [3.05, 3.63) is 12.4 Å². The molecule has 0 radical (unpaired) electrons. The van der Waals surface area contributed by atoms with Gasteiger partial charge in [0.25, 0.3) is 0 Å². The highest BCUT2D eigenvalue weighted by Crippen LogP contribution is 2.04. The summed E-state index contributed by atoms with van der Waals surface area (Å²) in [5, 5.41) is 0. The first-order valence-electron chi connectivity index (χ1n) is 3.84. The van der Waals surface area contributed by atoms with Crippen LogP contribution < -0.4 is 0 Å². The lowest BCUT2D eigenvalue weighted by Crippen LogP contribution is -2.36. The molecule has 0 amide bonds. The Morgan fingerprint density at radius 2 is 1.90 bits per heavy atom. The van der Waals surface area contributed by atoms with E-state index in [9.17, 15) is 0 Å². The lowest BCUT2D eigenvalue weighted by Gasteiger charge is -2.31. The Kier molecular flexibility index (Phi) is 2.20. The van der Waals surface area contributed by atoms with Crippen LogP contribution in [0.1, 0.15) is 13.8 Å². The molecule has 0 aliphatic carbocycles. The molecule has 1 aliphatic heterocycles. The molecule has 1 rings (SSSR count). The fourth-order valence-electron chi connectivity index (χ4n) is 1.05. The van der Waals surface area contributed by atoms with Crippen LogP contribution in [0.2, 0.25) is 0 Å². The van der Waals surface area contributed by atoms with Gasteiger partial charge in [0.1, 0.15) is 0 Å². The minimum Gasteiger partial charge on any atom is -0.377 e. The molecule has 1 heterocycles. The van der Waals surface area contributed by atoms with Gasteiger partial charge in [0.2, 0.25) is 0 Å². The minimum atomic E-state index is 0.643. The summed E-state index contributed by atoms with van der Waals surface area (Å²) in [6.07, 6.45) is 4.29. The predicted molar refractivity (Wildman–Crippen MR) is 43.6 cm³/mol. The van der Waals surface area contributed by atoms with Crippen LogP contribution in [-0.4, -0.2) is 36.0 Å². The maximum atomic E-state index is 2.35. The van der Waals surface area contributed by atoms with E-state index in [-0.39, 0.29) is 0 Å². The van der Waals surface area contributed by atoms with Crippen molar-refractivity contribution in [1.29, 1.82) is 0 Å². The van der Waals surface area contributed by atoms with Gasteiger partial charge in [0.15, 0.2) is 0 Å². The third kappa shape index (κ3) is 1.66. The molecule has 0 fully saturated rings. The highest BCUT2D eigenvalue weighted by atomic mass is 15.2. The maximum absolute atomic E-state index is 2.35. The lowest BCUT2D eigenvalue weighted by atomic mass is 10.3. The van der Waals surface area contributed by atoms with Gasteiger partial charge in [-0.3, -0.25) is 0 Å². The summed E-state index contributed by atoms with van der Waals surface area (Å²) in [4.78, 5) is 4.55. The van der Waals surface area contributed by atoms with Crippen LogP contribution in [0.25, 0.3) is 0 Å². The highest BCUT2D eigenvalue weighted by molar-refractivity contribution is 4.88. The summed E-state index contributed by atoms with van der Waals surface area (Å²) in [6, 6.07) is 0.643. The van der Waals surface area contributed by atoms with Crippen LogP contribution in [0.3, 0.4) is 0 Å². The Morgan fingerprint density at radius 3 is 2.30 bits per heavy atom. The van der Waals surface area contributed by atoms with Crippen molar-refractivity contribution >= 4 is 0 Å². The molecule has 0 N–H and O–H groups in total. The van der Waals surface area contributed by atoms with Gasteiger partial charge in [0.05, 0.1) is 0 Å². The second kappa shape index (κ2) is 2.95. The van der Waals surface area contributed by atoms with Crippen LogP contribution in [-0.2, 0) is 0 Å². The Balaban J connectivity index is 2.45. The molecule has 0 spiro atoms. The fraction of sp³-hybridized carbons (Fsp3) is 0.750. The quantitative estimate of drug-likeness (QED) is 0.538. The zero-order valence-electron chi connectivity index (χ0n) is 7.04. The number of nitrogens with zero attached hydrogens (tertiary/aromatic N) is 2. The molecule has 0 saturated heterocycles. The maximum Gasteiger partial charge on any atom is 0.0351 e. The Bertz CT molecular complexity index is 129. The van der Waals surface area contributed by atoms with Crippen LogP contribution in [0.15, 0.2) is 12.4 Å². The zero-order chi connectivity index (χ0) is 7.56. The van der Waals surface area contributed by atoms with Crippen molar-refractivity contribution in [3.8, 4) is 0 Å². The zero-order valence-corrected chi connectivity index (χ0v) is 7.04. The molecule has 2 nitrogen and oxygen atoms in total. The van der Waals surface area contributed by atoms with Gasteiger partial charge in [-0.25, -0.2) is 0 Å². The first-order valence-corrected chi connectivity index (χ1v) is 3.84. The first kappa shape index (κ1) is 7.45. The lowest BCUT2D eigenvalue weighted by molar-refractivity contribution is 0.249. The van der Waals surface area contributed by atoms with Crippen molar-refractivity contribution < 1.29 is 0 Å². The molecule has 0 saturated carbocycles. The molecule has 0 atom stereocenters. The summed E-state index contributed by atoms with van der Waals surface area (Å²) in [5.74, 6) is 0. The summed E-state index contributed by atoms with van der Waals surface area (Å²) >= 11 is 0. The van der Waals surface area contributed by atoms with Crippen molar-refractivity contribution in [1.82, 2.24) is 9.80 Å². The van der Waals surface area contributed by atoms with Crippen LogP contribution >= 0.6 is 0 Å². The van der Waals surface area contributed by atoms with Crippen LogP contribution in [0.5, 0.6) is 0 Å². The topological polar surface area (TPSA) is 6.48 Å². The normalized spacial score (nSPS) is 18.8. The number of hydrogen-bond acceptors (Lipinski definition) is 2. The monoisotopic (exact) mass is 140 g/mol. The van der Waals surface area contributed by atoms with Crippen molar-refractivity contribution in [2.45, 2.75) is 19.9 Å². The van der Waals surface area contributed by atoms with Crippen molar-refractivity contribution in [2.24, 2.45) is 0 Å². The molecule has 58 valence electrons. The van der Waals surface area contributed by atoms with Crippen LogP contribution in [0.4, 0.5) is 0 Å². The van der Waals surface area contributed by atoms with E-state index in [2.05, 4.69) is 43.1 Å². The molecule has 0 aromatic carbocycles. The SMILES string of the molecule is CC(C)N1C=CN(C)CC1. The summed E-state index contributed by atoms with van der Waals surface area (Å²) in [5.41, 5.74) is 0. The minimum absolute atomic E-state index is 0.643. The van der Waals surface area contributed by atoms with Gasteiger partial charge < -0.3 is 9.80 Å². The molecule has 1 aliphatic rings. The second-order valence-electron chi connectivity index (χ2n) is 3.11. The van der Waals surface area contributed by atoms with E-state index in [1.54, 1.807) is 0 Å². The summed E-state index contributed by atoms with van der Waals surface area (Å²) in [7, 11) is 2.11. The second-order valence-corrected chi connectivity index (χ2v) is 3.11. The van der Waals surface area contributed by atoms with Gasteiger partial charge in [0, 0.05) is 38.6 Å². The molecular formula is C8H16N2. The van der Waals surface area contributed by atoms with Gasteiger partial charge >= 0.3 is 0 Å².